The van der Waals surface area contributed by atoms with Crippen LogP contribution in [0.3, 0.4) is 0 Å². The van der Waals surface area contributed by atoms with Crippen molar-refractivity contribution in [3.8, 4) is 0 Å². The number of benzene rings is 1. The average Bonchev–Trinajstić information content (AvgIpc) is 2.66. The van der Waals surface area contributed by atoms with Gasteiger partial charge in [0.15, 0.2) is 9.84 Å². The molecule has 142 valence electrons. The van der Waals surface area contributed by atoms with Gasteiger partial charge in [-0.25, -0.2) is 8.42 Å². The van der Waals surface area contributed by atoms with Crippen molar-refractivity contribution in [2.45, 2.75) is 34.9 Å². The molecule has 1 aliphatic heterocycles. The molecule has 0 fully saturated rings. The van der Waals surface area contributed by atoms with Crippen molar-refractivity contribution in [3.63, 3.8) is 0 Å². The highest BCUT2D eigenvalue weighted by molar-refractivity contribution is 8.01. The summed E-state index contributed by atoms with van der Waals surface area (Å²) in [7, 11) is -3.64. The lowest BCUT2D eigenvalue weighted by Gasteiger charge is -2.21. The topological polar surface area (TPSA) is 105 Å². The molecule has 2 aromatic rings. The number of carbonyl (C=O) groups excluding carboxylic acids is 2. The number of sulfone groups is 1. The number of aromatic nitrogens is 1. The Morgan fingerprint density at radius 1 is 1.30 bits per heavy atom. The van der Waals surface area contributed by atoms with Crippen LogP contribution in [-0.4, -0.2) is 36.2 Å². The van der Waals surface area contributed by atoms with Gasteiger partial charge >= 0.3 is 0 Å². The number of pyridine rings is 1. The van der Waals surface area contributed by atoms with Crippen molar-refractivity contribution >= 4 is 39.1 Å². The number of amides is 2. The zero-order chi connectivity index (χ0) is 19.4. The number of hydrogen-bond acceptors (Lipinski definition) is 6. The van der Waals surface area contributed by atoms with Crippen LogP contribution < -0.4 is 10.6 Å². The Labute approximate surface area is 161 Å². The van der Waals surface area contributed by atoms with Crippen LogP contribution in [0.2, 0.25) is 0 Å². The molecule has 2 N–H and O–H groups in total. The smallest absolute Gasteiger partial charge is 0.237 e. The van der Waals surface area contributed by atoms with E-state index in [4.69, 9.17) is 0 Å². The van der Waals surface area contributed by atoms with Crippen LogP contribution in [0.5, 0.6) is 0 Å². The number of fused-ring (bicyclic) bond motifs is 1. The molecule has 1 aliphatic rings. The number of rotatable bonds is 6. The van der Waals surface area contributed by atoms with E-state index >= 15 is 0 Å². The Hall–Kier alpha value is -2.39. The predicted octanol–water partition coefficient (Wildman–Crippen LogP) is 1.99. The van der Waals surface area contributed by atoms with Gasteiger partial charge in [0.05, 0.1) is 33.8 Å². The molecule has 0 aliphatic carbocycles. The number of hydrogen-bond donors (Lipinski definition) is 2. The number of carbonyl (C=O) groups is 2. The van der Waals surface area contributed by atoms with Crippen molar-refractivity contribution in [2.24, 2.45) is 0 Å². The van der Waals surface area contributed by atoms with Crippen LogP contribution in [0.15, 0.2) is 52.4 Å². The molecular weight excluding hydrogens is 386 g/mol. The Bertz CT molecular complexity index is 962. The maximum atomic E-state index is 12.5. The first-order chi connectivity index (χ1) is 12.8. The molecule has 0 unspecified atom stereocenters. The Balaban J connectivity index is 1.61. The third kappa shape index (κ3) is 4.86. The van der Waals surface area contributed by atoms with Crippen molar-refractivity contribution in [1.82, 2.24) is 10.3 Å². The van der Waals surface area contributed by atoms with E-state index in [9.17, 15) is 18.0 Å². The van der Waals surface area contributed by atoms with Crippen LogP contribution in [-0.2, 0) is 26.0 Å². The Morgan fingerprint density at radius 2 is 2.11 bits per heavy atom. The van der Waals surface area contributed by atoms with Gasteiger partial charge in [0.25, 0.3) is 0 Å². The van der Waals surface area contributed by atoms with E-state index in [1.807, 2.05) is 6.07 Å². The quantitative estimate of drug-likeness (QED) is 0.762. The molecule has 27 heavy (non-hydrogen) atoms. The van der Waals surface area contributed by atoms with Gasteiger partial charge in [-0.05, 0) is 37.3 Å². The average molecular weight is 406 g/mol. The second-order valence-electron chi connectivity index (χ2n) is 6.07. The predicted molar refractivity (Wildman–Crippen MR) is 103 cm³/mol. The minimum Gasteiger partial charge on any atom is -0.350 e. The fraction of sp³-hybridized carbons (Fsp3) is 0.278. The van der Waals surface area contributed by atoms with E-state index < -0.39 is 9.84 Å². The number of anilines is 1. The Kier molecular flexibility index (Phi) is 5.81. The highest BCUT2D eigenvalue weighted by Crippen LogP contribution is 2.36. The molecule has 1 aromatic carbocycles. The van der Waals surface area contributed by atoms with Gasteiger partial charge in [-0.1, -0.05) is 6.07 Å². The molecule has 2 amide bonds. The molecule has 2 heterocycles. The summed E-state index contributed by atoms with van der Waals surface area (Å²) in [6, 6.07) is 10.0. The van der Waals surface area contributed by atoms with Crippen molar-refractivity contribution in [1.29, 1.82) is 0 Å². The first-order valence-electron chi connectivity index (χ1n) is 8.36. The molecule has 3 rings (SSSR count). The summed E-state index contributed by atoms with van der Waals surface area (Å²) in [6.07, 6.45) is 1.48. The van der Waals surface area contributed by atoms with E-state index in [0.29, 0.717) is 11.4 Å². The molecule has 0 radical (unpaired) electrons. The van der Waals surface area contributed by atoms with Crippen LogP contribution in [0.25, 0.3) is 0 Å². The van der Waals surface area contributed by atoms with Crippen molar-refractivity contribution in [3.05, 3.63) is 48.3 Å². The fourth-order valence-electron chi connectivity index (χ4n) is 2.51. The van der Waals surface area contributed by atoms with Gasteiger partial charge in [0.1, 0.15) is 0 Å². The summed E-state index contributed by atoms with van der Waals surface area (Å²) in [4.78, 5) is 28.7. The molecular formula is C18H19N3O4S2. The minimum atomic E-state index is -3.64. The first kappa shape index (κ1) is 19.4. The summed E-state index contributed by atoms with van der Waals surface area (Å²) in [5, 5.41) is 5.15. The van der Waals surface area contributed by atoms with E-state index in [0.717, 1.165) is 4.90 Å². The minimum absolute atomic E-state index is 0.0919. The van der Waals surface area contributed by atoms with Crippen molar-refractivity contribution < 1.29 is 18.0 Å². The molecule has 1 atom stereocenters. The van der Waals surface area contributed by atoms with Crippen LogP contribution in [0, 0.1) is 0 Å². The number of thioether (sulfide) groups is 1. The number of nitrogens with zero attached hydrogens (tertiary/aromatic N) is 1. The van der Waals surface area contributed by atoms with Crippen LogP contribution in [0.4, 0.5) is 5.69 Å². The summed E-state index contributed by atoms with van der Waals surface area (Å²) < 4.78 is 25.1. The molecule has 0 saturated heterocycles. The first-order valence-corrected chi connectivity index (χ1v) is 10.9. The molecule has 0 saturated carbocycles. The molecule has 0 bridgehead atoms. The second-order valence-corrected chi connectivity index (χ2v) is 9.57. The summed E-state index contributed by atoms with van der Waals surface area (Å²) in [6.45, 7) is 2.04. The lowest BCUT2D eigenvalue weighted by atomic mass is 10.3. The fourth-order valence-corrected chi connectivity index (χ4v) is 4.70. The standard InChI is InChI=1S/C18H19N3O4S2/c1-12-18(23)21-15-10-14(5-6-16(15)26-12)27(24,25)9-7-17(22)20-11-13-4-2-3-8-19-13/h2-6,8,10,12H,7,9,11H2,1H3,(H,20,22)(H,21,23)/t12-/m0/s1. The molecule has 9 heteroatoms. The van der Waals surface area contributed by atoms with Gasteiger partial charge in [-0.3, -0.25) is 14.6 Å². The molecule has 0 spiro atoms. The maximum Gasteiger partial charge on any atom is 0.237 e. The van der Waals surface area contributed by atoms with E-state index in [1.54, 1.807) is 31.3 Å². The third-order valence-electron chi connectivity index (χ3n) is 4.03. The van der Waals surface area contributed by atoms with Crippen LogP contribution >= 0.6 is 11.8 Å². The normalized spacial score (nSPS) is 16.3. The lowest BCUT2D eigenvalue weighted by Crippen LogP contribution is -2.27. The zero-order valence-corrected chi connectivity index (χ0v) is 16.3. The van der Waals surface area contributed by atoms with Gasteiger partial charge < -0.3 is 10.6 Å². The summed E-state index contributed by atoms with van der Waals surface area (Å²) >= 11 is 1.39. The zero-order valence-electron chi connectivity index (χ0n) is 14.6. The largest absolute Gasteiger partial charge is 0.350 e. The van der Waals surface area contributed by atoms with Gasteiger partial charge in [0.2, 0.25) is 11.8 Å². The molecule has 7 nitrogen and oxygen atoms in total. The van der Waals surface area contributed by atoms with E-state index in [1.165, 1.54) is 23.9 Å². The SMILES string of the molecule is C[C@@H]1Sc2ccc(S(=O)(=O)CCC(=O)NCc3ccccn3)cc2NC1=O. The monoisotopic (exact) mass is 405 g/mol. The second kappa shape index (κ2) is 8.10. The van der Waals surface area contributed by atoms with Gasteiger partial charge in [0, 0.05) is 17.5 Å². The summed E-state index contributed by atoms with van der Waals surface area (Å²) in [5.74, 6) is -0.826. The van der Waals surface area contributed by atoms with Gasteiger partial charge in [-0.15, -0.1) is 11.8 Å². The van der Waals surface area contributed by atoms with Crippen molar-refractivity contribution in [2.75, 3.05) is 11.1 Å². The summed E-state index contributed by atoms with van der Waals surface area (Å²) in [5.41, 5.74) is 1.19. The highest BCUT2D eigenvalue weighted by atomic mass is 32.2. The molecule has 1 aromatic heterocycles. The van der Waals surface area contributed by atoms with E-state index in [2.05, 4.69) is 15.6 Å². The maximum absolute atomic E-state index is 12.5. The lowest BCUT2D eigenvalue weighted by molar-refractivity contribution is -0.121. The highest BCUT2D eigenvalue weighted by Gasteiger charge is 2.25. The van der Waals surface area contributed by atoms with Gasteiger partial charge in [-0.2, -0.15) is 0 Å². The Morgan fingerprint density at radius 3 is 2.85 bits per heavy atom. The van der Waals surface area contributed by atoms with Crippen LogP contribution in [0.1, 0.15) is 19.0 Å². The third-order valence-corrected chi connectivity index (χ3v) is 6.92. The van der Waals surface area contributed by atoms with E-state index in [-0.39, 0.29) is 40.7 Å². The number of nitrogens with one attached hydrogen (secondary N) is 2.